The molecule has 2 aromatic rings. The van der Waals surface area contributed by atoms with Crippen molar-refractivity contribution in [2.75, 3.05) is 38.5 Å². The Morgan fingerprint density at radius 2 is 1.86 bits per heavy atom. The van der Waals surface area contributed by atoms with Crippen LogP contribution in [0, 0.1) is 0 Å². The molecule has 0 aliphatic carbocycles. The van der Waals surface area contributed by atoms with Crippen LogP contribution in [-0.4, -0.2) is 48.9 Å². The van der Waals surface area contributed by atoms with Crippen molar-refractivity contribution >= 4 is 22.9 Å². The number of nitrogens with zero attached hydrogens (tertiary/aromatic N) is 2. The summed E-state index contributed by atoms with van der Waals surface area (Å²) in [5.74, 6) is -0.0400. The molecular weight excluding hydrogens is 294 g/mol. The Morgan fingerprint density at radius 3 is 2.50 bits per heavy atom. The highest BCUT2D eigenvalue weighted by molar-refractivity contribution is 7.12. The SMILES string of the molecule is CN1CCN(Cc2ccc(NC(=O)c3cccs3)cc2)CC1. The molecule has 2 heterocycles. The zero-order valence-electron chi connectivity index (χ0n) is 12.8. The van der Waals surface area contributed by atoms with Crippen molar-refractivity contribution in [1.29, 1.82) is 0 Å². The van der Waals surface area contributed by atoms with Gasteiger partial charge in [-0.3, -0.25) is 9.69 Å². The Kier molecular flexibility index (Phi) is 4.87. The largest absolute Gasteiger partial charge is 0.321 e. The number of carbonyl (C=O) groups excluding carboxylic acids is 1. The van der Waals surface area contributed by atoms with Crippen LogP contribution in [0.2, 0.25) is 0 Å². The number of anilines is 1. The molecule has 1 aromatic heterocycles. The first kappa shape index (κ1) is 15.2. The van der Waals surface area contributed by atoms with E-state index in [0.717, 1.165) is 43.3 Å². The molecule has 116 valence electrons. The molecule has 1 aliphatic heterocycles. The van der Waals surface area contributed by atoms with Gasteiger partial charge in [0.05, 0.1) is 4.88 Å². The number of carbonyl (C=O) groups is 1. The van der Waals surface area contributed by atoms with Crippen LogP contribution < -0.4 is 5.32 Å². The van der Waals surface area contributed by atoms with E-state index in [4.69, 9.17) is 0 Å². The smallest absolute Gasteiger partial charge is 0.265 e. The molecule has 22 heavy (non-hydrogen) atoms. The summed E-state index contributed by atoms with van der Waals surface area (Å²) in [4.78, 5) is 17.6. The molecule has 0 bridgehead atoms. The number of thiophene rings is 1. The molecule has 0 atom stereocenters. The molecule has 0 unspecified atom stereocenters. The molecule has 1 aliphatic rings. The Hall–Kier alpha value is -1.69. The van der Waals surface area contributed by atoms with Crippen LogP contribution >= 0.6 is 11.3 Å². The second kappa shape index (κ2) is 7.05. The zero-order chi connectivity index (χ0) is 15.4. The van der Waals surface area contributed by atoms with E-state index in [1.807, 2.05) is 29.6 Å². The van der Waals surface area contributed by atoms with E-state index in [1.54, 1.807) is 0 Å². The van der Waals surface area contributed by atoms with Gasteiger partial charge < -0.3 is 10.2 Å². The third-order valence-electron chi connectivity index (χ3n) is 3.96. The maximum Gasteiger partial charge on any atom is 0.265 e. The van der Waals surface area contributed by atoms with Gasteiger partial charge in [0.2, 0.25) is 0 Å². The first-order valence-corrected chi connectivity index (χ1v) is 8.43. The van der Waals surface area contributed by atoms with E-state index < -0.39 is 0 Å². The number of amides is 1. The molecule has 0 saturated carbocycles. The summed E-state index contributed by atoms with van der Waals surface area (Å²) in [7, 11) is 2.17. The van der Waals surface area contributed by atoms with E-state index >= 15 is 0 Å². The monoisotopic (exact) mass is 315 g/mol. The minimum absolute atomic E-state index is 0.0400. The van der Waals surface area contributed by atoms with E-state index in [-0.39, 0.29) is 5.91 Å². The lowest BCUT2D eigenvalue weighted by Crippen LogP contribution is -2.43. The fraction of sp³-hybridized carbons (Fsp3) is 0.353. The molecule has 1 fully saturated rings. The average molecular weight is 315 g/mol. The highest BCUT2D eigenvalue weighted by Crippen LogP contribution is 2.15. The van der Waals surface area contributed by atoms with Gasteiger partial charge >= 0.3 is 0 Å². The van der Waals surface area contributed by atoms with Crippen LogP contribution in [0.25, 0.3) is 0 Å². The van der Waals surface area contributed by atoms with Crippen molar-refractivity contribution in [2.45, 2.75) is 6.54 Å². The number of piperazine rings is 1. The standard InChI is InChI=1S/C17H21N3OS/c1-19-8-10-20(11-9-19)13-14-4-6-15(7-5-14)18-17(21)16-3-2-12-22-16/h2-7,12H,8-11,13H2,1H3,(H,18,21). The maximum atomic E-state index is 12.0. The van der Waals surface area contributed by atoms with Crippen LogP contribution in [0.1, 0.15) is 15.2 Å². The van der Waals surface area contributed by atoms with Crippen LogP contribution in [0.3, 0.4) is 0 Å². The second-order valence-corrected chi connectivity index (χ2v) is 6.66. The molecule has 4 nitrogen and oxygen atoms in total. The van der Waals surface area contributed by atoms with E-state index in [0.29, 0.717) is 0 Å². The molecular formula is C17H21N3OS. The van der Waals surface area contributed by atoms with Crippen molar-refractivity contribution in [3.05, 3.63) is 52.2 Å². The number of hydrogen-bond acceptors (Lipinski definition) is 4. The highest BCUT2D eigenvalue weighted by Gasteiger charge is 2.13. The third-order valence-corrected chi connectivity index (χ3v) is 4.83. The summed E-state index contributed by atoms with van der Waals surface area (Å²) < 4.78 is 0. The maximum absolute atomic E-state index is 12.0. The fourth-order valence-corrected chi connectivity index (χ4v) is 3.18. The van der Waals surface area contributed by atoms with Gasteiger partial charge in [-0.1, -0.05) is 18.2 Å². The molecule has 5 heteroatoms. The van der Waals surface area contributed by atoms with Gasteiger partial charge in [-0.25, -0.2) is 0 Å². The van der Waals surface area contributed by atoms with Gasteiger partial charge in [0, 0.05) is 38.4 Å². The van der Waals surface area contributed by atoms with Gasteiger partial charge in [-0.05, 0) is 36.2 Å². The quantitative estimate of drug-likeness (QED) is 0.942. The minimum atomic E-state index is -0.0400. The van der Waals surface area contributed by atoms with E-state index in [2.05, 4.69) is 34.3 Å². The lowest BCUT2D eigenvalue weighted by atomic mass is 10.2. The average Bonchev–Trinajstić information content (AvgIpc) is 3.06. The fourth-order valence-electron chi connectivity index (χ4n) is 2.56. The van der Waals surface area contributed by atoms with E-state index in [1.165, 1.54) is 16.9 Å². The summed E-state index contributed by atoms with van der Waals surface area (Å²) in [5, 5.41) is 4.84. The Bertz CT molecular complexity index is 601. The van der Waals surface area contributed by atoms with Crippen molar-refractivity contribution < 1.29 is 4.79 Å². The summed E-state index contributed by atoms with van der Waals surface area (Å²) >= 11 is 1.45. The molecule has 0 spiro atoms. The lowest BCUT2D eigenvalue weighted by molar-refractivity contribution is 0.103. The van der Waals surface area contributed by atoms with Gasteiger partial charge in [-0.15, -0.1) is 11.3 Å². The number of likely N-dealkylation sites (N-methyl/N-ethyl adjacent to an activating group) is 1. The summed E-state index contributed by atoms with van der Waals surface area (Å²) in [6, 6.07) is 11.9. The van der Waals surface area contributed by atoms with Crippen LogP contribution in [0.15, 0.2) is 41.8 Å². The van der Waals surface area contributed by atoms with Crippen molar-refractivity contribution in [1.82, 2.24) is 9.80 Å². The predicted molar refractivity (Wildman–Crippen MR) is 91.5 cm³/mol. The van der Waals surface area contributed by atoms with Crippen LogP contribution in [-0.2, 0) is 6.54 Å². The molecule has 1 aromatic carbocycles. The molecule has 0 radical (unpaired) electrons. The minimum Gasteiger partial charge on any atom is -0.321 e. The Morgan fingerprint density at radius 1 is 1.14 bits per heavy atom. The van der Waals surface area contributed by atoms with Gasteiger partial charge in [0.25, 0.3) is 5.91 Å². The second-order valence-electron chi connectivity index (χ2n) is 5.71. The number of rotatable bonds is 4. The highest BCUT2D eigenvalue weighted by atomic mass is 32.1. The topological polar surface area (TPSA) is 35.6 Å². The summed E-state index contributed by atoms with van der Waals surface area (Å²) in [6.07, 6.45) is 0. The predicted octanol–water partition coefficient (Wildman–Crippen LogP) is 2.75. The molecule has 1 saturated heterocycles. The first-order valence-electron chi connectivity index (χ1n) is 7.55. The van der Waals surface area contributed by atoms with Crippen molar-refractivity contribution in [2.24, 2.45) is 0 Å². The summed E-state index contributed by atoms with van der Waals surface area (Å²) in [6.45, 7) is 5.48. The molecule has 1 N–H and O–H groups in total. The van der Waals surface area contributed by atoms with Crippen LogP contribution in [0.4, 0.5) is 5.69 Å². The number of nitrogens with one attached hydrogen (secondary N) is 1. The van der Waals surface area contributed by atoms with Gasteiger partial charge in [0.1, 0.15) is 0 Å². The van der Waals surface area contributed by atoms with Crippen molar-refractivity contribution in [3.8, 4) is 0 Å². The number of benzene rings is 1. The normalized spacial score (nSPS) is 16.6. The van der Waals surface area contributed by atoms with E-state index in [9.17, 15) is 4.79 Å². The zero-order valence-corrected chi connectivity index (χ0v) is 13.6. The lowest BCUT2D eigenvalue weighted by Gasteiger charge is -2.32. The first-order chi connectivity index (χ1) is 10.7. The third kappa shape index (κ3) is 3.94. The van der Waals surface area contributed by atoms with Crippen molar-refractivity contribution in [3.63, 3.8) is 0 Å². The van der Waals surface area contributed by atoms with Crippen LogP contribution in [0.5, 0.6) is 0 Å². The Labute approximate surface area is 135 Å². The number of hydrogen-bond donors (Lipinski definition) is 1. The molecule has 1 amide bonds. The van der Waals surface area contributed by atoms with Gasteiger partial charge in [-0.2, -0.15) is 0 Å². The molecule has 3 rings (SSSR count). The van der Waals surface area contributed by atoms with Gasteiger partial charge in [0.15, 0.2) is 0 Å². The summed E-state index contributed by atoms with van der Waals surface area (Å²) in [5.41, 5.74) is 2.14. The Balaban J connectivity index is 1.55.